The summed E-state index contributed by atoms with van der Waals surface area (Å²) in [7, 11) is 0. The molecule has 3 fully saturated rings. The van der Waals surface area contributed by atoms with Crippen molar-refractivity contribution >= 4 is 17.6 Å². The summed E-state index contributed by atoms with van der Waals surface area (Å²) < 4.78 is 40.5. The molecule has 0 spiro atoms. The summed E-state index contributed by atoms with van der Waals surface area (Å²) in [4.78, 5) is 24.1. The molecule has 39 heavy (non-hydrogen) atoms. The SMILES string of the molecule is C[C@H]1CCc2c(ccc(-c3cnn(C4CCNCC4)c3)c2OC2CCC2)N1C(=O)C1CC1.O=C(O)C(F)(F)F. The lowest BCUT2D eigenvalue weighted by atomic mass is 9.91. The number of carbonyl (C=O) groups is 2. The number of carboxylic acid groups (broad SMARTS) is 1. The minimum Gasteiger partial charge on any atom is -0.489 e. The average molecular weight is 549 g/mol. The number of hydrogen-bond acceptors (Lipinski definition) is 5. The Morgan fingerprint density at radius 3 is 2.36 bits per heavy atom. The molecule has 1 amide bonds. The summed E-state index contributed by atoms with van der Waals surface area (Å²) >= 11 is 0. The summed E-state index contributed by atoms with van der Waals surface area (Å²) in [6.45, 7) is 4.29. The molecule has 2 aliphatic heterocycles. The highest BCUT2D eigenvalue weighted by Gasteiger charge is 2.40. The van der Waals surface area contributed by atoms with Gasteiger partial charge in [0.2, 0.25) is 5.91 Å². The van der Waals surface area contributed by atoms with E-state index in [0.29, 0.717) is 18.1 Å². The number of anilines is 1. The second kappa shape index (κ2) is 11.2. The molecular formula is C28H35F3N4O4. The van der Waals surface area contributed by atoms with Crippen LogP contribution in [0.25, 0.3) is 11.1 Å². The Balaban J connectivity index is 0.000000392. The first-order valence-corrected chi connectivity index (χ1v) is 13.8. The fourth-order valence-electron chi connectivity index (χ4n) is 5.43. The van der Waals surface area contributed by atoms with E-state index < -0.39 is 12.1 Å². The summed E-state index contributed by atoms with van der Waals surface area (Å²) in [5.41, 5.74) is 4.55. The second-order valence-electron chi connectivity index (χ2n) is 11.0. The van der Waals surface area contributed by atoms with Crippen LogP contribution in [-0.2, 0) is 16.0 Å². The van der Waals surface area contributed by atoms with E-state index in [1.54, 1.807) is 0 Å². The number of fused-ring (bicyclic) bond motifs is 1. The monoisotopic (exact) mass is 548 g/mol. The zero-order valence-corrected chi connectivity index (χ0v) is 22.0. The number of aliphatic carboxylic acids is 1. The maximum Gasteiger partial charge on any atom is 0.490 e. The Kier molecular flexibility index (Phi) is 7.89. The normalized spacial score (nSPS) is 21.8. The fourth-order valence-corrected chi connectivity index (χ4v) is 5.43. The predicted octanol–water partition coefficient (Wildman–Crippen LogP) is 5.12. The third-order valence-electron chi connectivity index (χ3n) is 8.09. The van der Waals surface area contributed by atoms with E-state index in [1.165, 1.54) is 12.0 Å². The summed E-state index contributed by atoms with van der Waals surface area (Å²) in [5.74, 6) is -1.23. The Morgan fingerprint density at radius 1 is 1.08 bits per heavy atom. The van der Waals surface area contributed by atoms with Gasteiger partial charge in [-0.05, 0) is 89.9 Å². The van der Waals surface area contributed by atoms with Crippen molar-refractivity contribution in [3.05, 3.63) is 30.1 Å². The lowest BCUT2D eigenvalue weighted by Gasteiger charge is -2.38. The third-order valence-corrected chi connectivity index (χ3v) is 8.09. The third kappa shape index (κ3) is 6.08. The van der Waals surface area contributed by atoms with Gasteiger partial charge in [-0.3, -0.25) is 9.48 Å². The number of carbonyl (C=O) groups excluding carboxylic acids is 1. The van der Waals surface area contributed by atoms with Crippen molar-refractivity contribution in [1.29, 1.82) is 0 Å². The van der Waals surface area contributed by atoms with Crippen LogP contribution in [0.5, 0.6) is 5.75 Å². The molecule has 1 saturated heterocycles. The van der Waals surface area contributed by atoms with Crippen LogP contribution in [0.4, 0.5) is 18.9 Å². The van der Waals surface area contributed by atoms with E-state index in [9.17, 15) is 18.0 Å². The molecule has 212 valence electrons. The van der Waals surface area contributed by atoms with Gasteiger partial charge >= 0.3 is 12.1 Å². The predicted molar refractivity (Wildman–Crippen MR) is 139 cm³/mol. The largest absolute Gasteiger partial charge is 0.490 e. The van der Waals surface area contributed by atoms with Crippen molar-refractivity contribution in [1.82, 2.24) is 15.1 Å². The lowest BCUT2D eigenvalue weighted by Crippen LogP contribution is -2.43. The molecule has 0 unspecified atom stereocenters. The lowest BCUT2D eigenvalue weighted by molar-refractivity contribution is -0.192. The molecule has 1 aromatic heterocycles. The van der Waals surface area contributed by atoms with Gasteiger partial charge in [-0.2, -0.15) is 18.3 Å². The molecule has 6 rings (SSSR count). The first-order valence-electron chi connectivity index (χ1n) is 13.8. The van der Waals surface area contributed by atoms with Crippen LogP contribution in [0, 0.1) is 5.92 Å². The number of hydrogen-bond donors (Lipinski definition) is 2. The summed E-state index contributed by atoms with van der Waals surface area (Å²) in [6.07, 6.45) is 9.16. The molecule has 1 atom stereocenters. The fraction of sp³-hybridized carbons (Fsp3) is 0.607. The molecular weight excluding hydrogens is 513 g/mol. The van der Waals surface area contributed by atoms with E-state index >= 15 is 0 Å². The van der Waals surface area contributed by atoms with Gasteiger partial charge in [0, 0.05) is 34.8 Å². The minimum absolute atomic E-state index is 0.224. The number of aromatic nitrogens is 2. The van der Waals surface area contributed by atoms with Crippen LogP contribution in [-0.4, -0.2) is 58.2 Å². The van der Waals surface area contributed by atoms with Crippen LogP contribution >= 0.6 is 0 Å². The molecule has 0 radical (unpaired) electrons. The van der Waals surface area contributed by atoms with E-state index in [-0.39, 0.29) is 12.0 Å². The van der Waals surface area contributed by atoms with Gasteiger partial charge in [0.25, 0.3) is 0 Å². The molecule has 8 nitrogen and oxygen atoms in total. The Morgan fingerprint density at radius 2 is 1.77 bits per heavy atom. The highest BCUT2D eigenvalue weighted by atomic mass is 19.4. The minimum atomic E-state index is -5.08. The number of benzene rings is 1. The maximum atomic E-state index is 13.1. The number of piperidine rings is 1. The van der Waals surface area contributed by atoms with Gasteiger partial charge in [-0.1, -0.05) is 0 Å². The smallest absolute Gasteiger partial charge is 0.489 e. The van der Waals surface area contributed by atoms with Crippen LogP contribution in [0.15, 0.2) is 24.5 Å². The molecule has 2 aliphatic carbocycles. The van der Waals surface area contributed by atoms with Crippen molar-refractivity contribution in [3.8, 4) is 16.9 Å². The Labute approximate surface area is 225 Å². The average Bonchev–Trinajstić information content (AvgIpc) is 3.62. The molecule has 2 saturated carbocycles. The van der Waals surface area contributed by atoms with E-state index in [4.69, 9.17) is 19.7 Å². The van der Waals surface area contributed by atoms with Crippen molar-refractivity contribution in [2.24, 2.45) is 5.92 Å². The van der Waals surface area contributed by atoms with Gasteiger partial charge in [0.1, 0.15) is 5.75 Å². The standard InChI is InChI=1S/C26H34N4O2.C2HF3O2/c1-17-5-8-23-24(30(17)26(31)18-6-7-18)10-9-22(25(23)32-21-3-2-4-21)19-15-28-29(16-19)20-11-13-27-14-12-20;3-2(4,5)1(6)7/h9-10,15-18,20-21,27H,2-8,11-14H2,1H3;(H,6,7)/t17-;/m0./s1. The van der Waals surface area contributed by atoms with Crippen LogP contribution in [0.3, 0.4) is 0 Å². The van der Waals surface area contributed by atoms with Crippen molar-refractivity contribution in [2.75, 3.05) is 18.0 Å². The zero-order valence-electron chi connectivity index (χ0n) is 22.0. The van der Waals surface area contributed by atoms with Crippen LogP contribution < -0.4 is 15.0 Å². The van der Waals surface area contributed by atoms with Crippen molar-refractivity contribution in [2.45, 2.75) is 89.1 Å². The zero-order chi connectivity index (χ0) is 27.7. The first kappa shape index (κ1) is 27.5. The number of nitrogens with zero attached hydrogens (tertiary/aromatic N) is 3. The van der Waals surface area contributed by atoms with Gasteiger partial charge in [-0.25, -0.2) is 4.79 Å². The summed E-state index contributed by atoms with van der Waals surface area (Å²) in [5, 5.41) is 15.3. The first-order chi connectivity index (χ1) is 18.6. The number of rotatable bonds is 5. The van der Waals surface area contributed by atoms with Gasteiger partial charge < -0.3 is 20.1 Å². The molecule has 2 N–H and O–H groups in total. The Bertz CT molecular complexity index is 1200. The number of nitrogens with one attached hydrogen (secondary N) is 1. The number of ether oxygens (including phenoxy) is 1. The highest BCUT2D eigenvalue weighted by Crippen LogP contribution is 2.46. The molecule has 3 heterocycles. The van der Waals surface area contributed by atoms with Gasteiger partial charge in [0.05, 0.1) is 24.0 Å². The van der Waals surface area contributed by atoms with E-state index in [0.717, 1.165) is 87.0 Å². The molecule has 4 aliphatic rings. The number of alkyl halides is 3. The maximum absolute atomic E-state index is 13.1. The number of amides is 1. The number of halogens is 3. The number of carboxylic acids is 1. The highest BCUT2D eigenvalue weighted by molar-refractivity contribution is 5.99. The molecule has 11 heteroatoms. The van der Waals surface area contributed by atoms with Crippen LogP contribution in [0.1, 0.15) is 69.9 Å². The quantitative estimate of drug-likeness (QED) is 0.539. The Hall–Kier alpha value is -3.08. The second-order valence-corrected chi connectivity index (χ2v) is 11.0. The van der Waals surface area contributed by atoms with E-state index in [1.807, 2.05) is 6.20 Å². The topological polar surface area (TPSA) is 96.7 Å². The molecule has 1 aromatic carbocycles. The van der Waals surface area contributed by atoms with Gasteiger partial charge in [0.15, 0.2) is 0 Å². The summed E-state index contributed by atoms with van der Waals surface area (Å²) in [6, 6.07) is 5.05. The van der Waals surface area contributed by atoms with E-state index in [2.05, 4.69) is 40.2 Å². The van der Waals surface area contributed by atoms with Gasteiger partial charge in [-0.15, -0.1) is 0 Å². The van der Waals surface area contributed by atoms with Crippen molar-refractivity contribution < 1.29 is 32.6 Å². The molecule has 2 aromatic rings. The van der Waals surface area contributed by atoms with Crippen LogP contribution in [0.2, 0.25) is 0 Å². The van der Waals surface area contributed by atoms with Crippen molar-refractivity contribution in [3.63, 3.8) is 0 Å². The molecule has 0 bridgehead atoms.